The number of anilines is 1. The zero-order chi connectivity index (χ0) is 20.8. The molecule has 1 atom stereocenters. The predicted molar refractivity (Wildman–Crippen MR) is 113 cm³/mol. The standard InChI is InChI=1S/C22H18FN5OS/c23-18-11-13-19(14-12-18)24-21(29)20(17-9-5-2-6-10-17)30-22-25-26-27-28(22)15-16-7-3-1-4-8-16/h1-14,20H,15H2,(H,24,29)/t20-/m0/s1. The molecule has 0 aliphatic heterocycles. The monoisotopic (exact) mass is 419 g/mol. The third-order valence-electron chi connectivity index (χ3n) is 4.35. The molecule has 1 amide bonds. The molecule has 0 saturated carbocycles. The van der Waals surface area contributed by atoms with E-state index in [4.69, 9.17) is 0 Å². The third kappa shape index (κ3) is 4.90. The van der Waals surface area contributed by atoms with E-state index in [1.165, 1.54) is 36.0 Å². The van der Waals surface area contributed by atoms with Gasteiger partial charge in [-0.1, -0.05) is 72.4 Å². The van der Waals surface area contributed by atoms with Crippen LogP contribution in [-0.2, 0) is 11.3 Å². The Bertz CT molecular complexity index is 1100. The molecule has 1 N–H and O–H groups in total. The number of tetrazole rings is 1. The molecule has 8 heteroatoms. The maximum Gasteiger partial charge on any atom is 0.242 e. The van der Waals surface area contributed by atoms with Crippen LogP contribution < -0.4 is 5.32 Å². The zero-order valence-corrected chi connectivity index (χ0v) is 16.7. The van der Waals surface area contributed by atoms with Crippen LogP contribution in [0.2, 0.25) is 0 Å². The van der Waals surface area contributed by atoms with E-state index in [9.17, 15) is 9.18 Å². The van der Waals surface area contributed by atoms with Gasteiger partial charge in [0, 0.05) is 5.69 Å². The maximum absolute atomic E-state index is 13.2. The van der Waals surface area contributed by atoms with Crippen LogP contribution in [0.4, 0.5) is 10.1 Å². The van der Waals surface area contributed by atoms with Crippen LogP contribution >= 0.6 is 11.8 Å². The van der Waals surface area contributed by atoms with Gasteiger partial charge < -0.3 is 5.32 Å². The Morgan fingerprint density at radius 2 is 1.63 bits per heavy atom. The average molecular weight is 419 g/mol. The zero-order valence-electron chi connectivity index (χ0n) is 15.9. The van der Waals surface area contributed by atoms with Crippen molar-refractivity contribution in [3.63, 3.8) is 0 Å². The molecule has 0 saturated heterocycles. The summed E-state index contributed by atoms with van der Waals surface area (Å²) < 4.78 is 14.8. The largest absolute Gasteiger partial charge is 0.325 e. The van der Waals surface area contributed by atoms with E-state index in [-0.39, 0.29) is 11.7 Å². The second kappa shape index (κ2) is 9.32. The molecule has 150 valence electrons. The van der Waals surface area contributed by atoms with E-state index in [1.807, 2.05) is 60.7 Å². The van der Waals surface area contributed by atoms with Gasteiger partial charge in [-0.05, 0) is 45.8 Å². The van der Waals surface area contributed by atoms with Gasteiger partial charge >= 0.3 is 0 Å². The maximum atomic E-state index is 13.2. The van der Waals surface area contributed by atoms with E-state index in [2.05, 4.69) is 20.8 Å². The smallest absolute Gasteiger partial charge is 0.242 e. The summed E-state index contributed by atoms with van der Waals surface area (Å²) in [6, 6.07) is 24.9. The molecule has 1 heterocycles. The average Bonchev–Trinajstić information content (AvgIpc) is 3.21. The number of thioether (sulfide) groups is 1. The highest BCUT2D eigenvalue weighted by atomic mass is 32.2. The van der Waals surface area contributed by atoms with Gasteiger partial charge in [0.1, 0.15) is 11.1 Å². The second-order valence-electron chi connectivity index (χ2n) is 6.51. The molecule has 0 unspecified atom stereocenters. The first-order valence-electron chi connectivity index (χ1n) is 9.27. The highest BCUT2D eigenvalue weighted by Crippen LogP contribution is 2.35. The van der Waals surface area contributed by atoms with E-state index in [0.29, 0.717) is 17.4 Å². The highest BCUT2D eigenvalue weighted by molar-refractivity contribution is 8.00. The number of hydrogen-bond acceptors (Lipinski definition) is 5. The highest BCUT2D eigenvalue weighted by Gasteiger charge is 2.25. The Labute approximate surface area is 177 Å². The van der Waals surface area contributed by atoms with E-state index >= 15 is 0 Å². The Hall–Kier alpha value is -3.52. The van der Waals surface area contributed by atoms with Crippen LogP contribution in [0.25, 0.3) is 0 Å². The number of rotatable bonds is 7. The summed E-state index contributed by atoms with van der Waals surface area (Å²) in [5.41, 5.74) is 2.39. The molecule has 6 nitrogen and oxygen atoms in total. The molecule has 30 heavy (non-hydrogen) atoms. The Balaban J connectivity index is 1.58. The molecule has 4 rings (SSSR count). The molecular formula is C22H18FN5OS. The lowest BCUT2D eigenvalue weighted by Gasteiger charge is -2.16. The van der Waals surface area contributed by atoms with Crippen molar-refractivity contribution in [3.05, 3.63) is 102 Å². The van der Waals surface area contributed by atoms with Crippen molar-refractivity contribution in [2.75, 3.05) is 5.32 Å². The van der Waals surface area contributed by atoms with Gasteiger partial charge in [0.15, 0.2) is 0 Å². The summed E-state index contributed by atoms with van der Waals surface area (Å²) in [7, 11) is 0. The Kier molecular flexibility index (Phi) is 6.14. The quantitative estimate of drug-likeness (QED) is 0.452. The number of carbonyl (C=O) groups excluding carboxylic acids is 1. The molecule has 0 bridgehead atoms. The lowest BCUT2D eigenvalue weighted by atomic mass is 10.1. The summed E-state index contributed by atoms with van der Waals surface area (Å²) in [6.45, 7) is 0.497. The number of amides is 1. The van der Waals surface area contributed by atoms with Crippen LogP contribution in [0.5, 0.6) is 0 Å². The van der Waals surface area contributed by atoms with Crippen molar-refractivity contribution < 1.29 is 9.18 Å². The third-order valence-corrected chi connectivity index (χ3v) is 5.57. The fraction of sp³-hybridized carbons (Fsp3) is 0.0909. The lowest BCUT2D eigenvalue weighted by molar-refractivity contribution is -0.115. The van der Waals surface area contributed by atoms with Gasteiger partial charge in [-0.25, -0.2) is 9.07 Å². The van der Waals surface area contributed by atoms with Gasteiger partial charge in [-0.2, -0.15) is 0 Å². The van der Waals surface area contributed by atoms with Crippen molar-refractivity contribution in [3.8, 4) is 0 Å². The van der Waals surface area contributed by atoms with Crippen molar-refractivity contribution in [1.29, 1.82) is 0 Å². The Morgan fingerprint density at radius 3 is 2.33 bits per heavy atom. The van der Waals surface area contributed by atoms with Crippen LogP contribution in [0, 0.1) is 5.82 Å². The summed E-state index contributed by atoms with van der Waals surface area (Å²) in [6.07, 6.45) is 0. The first-order valence-corrected chi connectivity index (χ1v) is 10.1. The van der Waals surface area contributed by atoms with Gasteiger partial charge in [0.25, 0.3) is 0 Å². The van der Waals surface area contributed by atoms with Crippen molar-refractivity contribution >= 4 is 23.4 Å². The molecule has 1 aromatic heterocycles. The molecule has 4 aromatic rings. The van der Waals surface area contributed by atoms with E-state index in [1.54, 1.807) is 4.68 Å². The molecule has 0 aliphatic carbocycles. The van der Waals surface area contributed by atoms with Gasteiger partial charge in [0.2, 0.25) is 11.1 Å². The number of nitrogens with zero attached hydrogens (tertiary/aromatic N) is 4. The summed E-state index contributed by atoms with van der Waals surface area (Å²) in [4.78, 5) is 13.1. The SMILES string of the molecule is O=C(Nc1ccc(F)cc1)[C@@H](Sc1nnnn1Cc1ccccc1)c1ccccc1. The van der Waals surface area contributed by atoms with Crippen molar-refractivity contribution in [2.24, 2.45) is 0 Å². The molecule has 0 spiro atoms. The minimum Gasteiger partial charge on any atom is -0.325 e. The number of carbonyl (C=O) groups is 1. The van der Waals surface area contributed by atoms with Gasteiger partial charge in [0.05, 0.1) is 6.54 Å². The number of halogens is 1. The summed E-state index contributed by atoms with van der Waals surface area (Å²) >= 11 is 1.27. The van der Waals surface area contributed by atoms with Gasteiger partial charge in [-0.15, -0.1) is 5.10 Å². The molecular weight excluding hydrogens is 401 g/mol. The topological polar surface area (TPSA) is 72.7 Å². The summed E-state index contributed by atoms with van der Waals surface area (Å²) in [5.74, 6) is -0.603. The fourth-order valence-corrected chi connectivity index (χ4v) is 3.86. The number of nitrogens with one attached hydrogen (secondary N) is 1. The molecule has 0 radical (unpaired) electrons. The van der Waals surface area contributed by atoms with Crippen molar-refractivity contribution in [2.45, 2.75) is 17.0 Å². The normalized spacial score (nSPS) is 11.8. The van der Waals surface area contributed by atoms with E-state index in [0.717, 1.165) is 11.1 Å². The predicted octanol–water partition coefficient (Wildman–Crippen LogP) is 4.33. The van der Waals surface area contributed by atoms with Crippen LogP contribution in [0.1, 0.15) is 16.4 Å². The minimum atomic E-state index is -0.586. The van der Waals surface area contributed by atoms with Crippen LogP contribution in [-0.4, -0.2) is 26.1 Å². The van der Waals surface area contributed by atoms with Crippen LogP contribution in [0.3, 0.4) is 0 Å². The lowest BCUT2D eigenvalue weighted by Crippen LogP contribution is -2.19. The fourth-order valence-electron chi connectivity index (χ4n) is 2.88. The van der Waals surface area contributed by atoms with Crippen molar-refractivity contribution in [1.82, 2.24) is 20.2 Å². The Morgan fingerprint density at radius 1 is 0.967 bits per heavy atom. The second-order valence-corrected chi connectivity index (χ2v) is 7.58. The molecule has 3 aromatic carbocycles. The number of hydrogen-bond donors (Lipinski definition) is 1. The van der Waals surface area contributed by atoms with Gasteiger partial charge in [-0.3, -0.25) is 4.79 Å². The first kappa shape index (κ1) is 19.8. The number of benzene rings is 3. The van der Waals surface area contributed by atoms with E-state index < -0.39 is 5.25 Å². The first-order chi connectivity index (χ1) is 14.7. The molecule has 0 fully saturated rings. The van der Waals surface area contributed by atoms with Crippen LogP contribution in [0.15, 0.2) is 90.1 Å². The minimum absolute atomic E-state index is 0.243. The number of aromatic nitrogens is 4. The summed E-state index contributed by atoms with van der Waals surface area (Å²) in [5, 5.41) is 14.8. The molecule has 0 aliphatic rings.